The summed E-state index contributed by atoms with van der Waals surface area (Å²) in [6.45, 7) is 12.2. The van der Waals surface area contributed by atoms with Gasteiger partial charge in [0.05, 0.1) is 5.69 Å². The maximum Gasteiger partial charge on any atom is 0.0672 e. The Bertz CT molecular complexity index is 350. The van der Waals surface area contributed by atoms with Crippen LogP contribution in [0.15, 0.2) is 0 Å². The molecule has 1 aliphatic rings. The van der Waals surface area contributed by atoms with Gasteiger partial charge in [-0.1, -0.05) is 13.8 Å². The van der Waals surface area contributed by atoms with Crippen molar-refractivity contribution in [3.8, 4) is 0 Å². The van der Waals surface area contributed by atoms with E-state index >= 15 is 0 Å². The van der Waals surface area contributed by atoms with Crippen molar-refractivity contribution >= 4 is 0 Å². The van der Waals surface area contributed by atoms with Crippen molar-refractivity contribution in [2.24, 2.45) is 5.92 Å². The first-order chi connectivity index (χ1) is 8.16. The Labute approximate surface area is 104 Å². The molecule has 0 bridgehead atoms. The zero-order chi connectivity index (χ0) is 12.3. The zero-order valence-electron chi connectivity index (χ0n) is 11.2. The molecule has 4 nitrogen and oxygen atoms in total. The summed E-state index contributed by atoms with van der Waals surface area (Å²) in [5.74, 6) is 0.666. The molecule has 0 radical (unpaired) electrons. The molecule has 0 saturated carbocycles. The minimum Gasteiger partial charge on any atom is -0.314 e. The first kappa shape index (κ1) is 12.6. The molecule has 1 aromatic rings. The standard InChI is InChI=1S/C13H24N4/c1-10(2)8-13-12(11(3)15-16-13)9-17-6-4-14-5-7-17/h10,14H,4-9H2,1-3H3,(H,15,16). The summed E-state index contributed by atoms with van der Waals surface area (Å²) in [6, 6.07) is 0. The van der Waals surface area contributed by atoms with Crippen LogP contribution < -0.4 is 5.32 Å². The van der Waals surface area contributed by atoms with Crippen molar-refractivity contribution in [1.29, 1.82) is 0 Å². The molecule has 1 saturated heterocycles. The van der Waals surface area contributed by atoms with E-state index in [1.807, 2.05) is 0 Å². The van der Waals surface area contributed by atoms with E-state index in [-0.39, 0.29) is 0 Å². The van der Waals surface area contributed by atoms with Crippen LogP contribution in [0.1, 0.15) is 30.8 Å². The van der Waals surface area contributed by atoms with Crippen molar-refractivity contribution in [3.05, 3.63) is 17.0 Å². The molecule has 0 spiro atoms. The van der Waals surface area contributed by atoms with Gasteiger partial charge in [-0.3, -0.25) is 10.00 Å². The number of nitrogens with one attached hydrogen (secondary N) is 2. The number of hydrogen-bond donors (Lipinski definition) is 2. The van der Waals surface area contributed by atoms with Gasteiger partial charge in [0, 0.05) is 44.0 Å². The second kappa shape index (κ2) is 5.65. The van der Waals surface area contributed by atoms with E-state index in [0.717, 1.165) is 39.1 Å². The van der Waals surface area contributed by atoms with Gasteiger partial charge in [0.15, 0.2) is 0 Å². The highest BCUT2D eigenvalue weighted by Gasteiger charge is 2.16. The Balaban J connectivity index is 2.05. The van der Waals surface area contributed by atoms with Gasteiger partial charge in [-0.25, -0.2) is 0 Å². The predicted molar refractivity (Wildman–Crippen MR) is 70.0 cm³/mol. The average Bonchev–Trinajstić information content (AvgIpc) is 2.62. The third kappa shape index (κ3) is 3.30. The monoisotopic (exact) mass is 236 g/mol. The number of piperazine rings is 1. The third-order valence-electron chi connectivity index (χ3n) is 3.35. The summed E-state index contributed by atoms with van der Waals surface area (Å²) < 4.78 is 0. The van der Waals surface area contributed by atoms with Crippen LogP contribution in [0.4, 0.5) is 0 Å². The topological polar surface area (TPSA) is 44.0 Å². The largest absolute Gasteiger partial charge is 0.314 e. The minimum atomic E-state index is 0.666. The van der Waals surface area contributed by atoms with Crippen molar-refractivity contribution in [1.82, 2.24) is 20.4 Å². The van der Waals surface area contributed by atoms with Gasteiger partial charge in [0.1, 0.15) is 0 Å². The number of nitrogens with zero attached hydrogens (tertiary/aromatic N) is 2. The molecular formula is C13H24N4. The van der Waals surface area contributed by atoms with Crippen LogP contribution in [-0.4, -0.2) is 41.3 Å². The lowest BCUT2D eigenvalue weighted by Gasteiger charge is -2.27. The van der Waals surface area contributed by atoms with Gasteiger partial charge in [-0.15, -0.1) is 0 Å². The van der Waals surface area contributed by atoms with Crippen LogP contribution in [0, 0.1) is 12.8 Å². The van der Waals surface area contributed by atoms with Crippen LogP contribution in [0.5, 0.6) is 0 Å². The molecule has 0 aliphatic carbocycles. The minimum absolute atomic E-state index is 0.666. The Kier molecular flexibility index (Phi) is 4.18. The molecule has 1 aliphatic heterocycles. The van der Waals surface area contributed by atoms with E-state index in [0.29, 0.717) is 5.92 Å². The summed E-state index contributed by atoms with van der Waals surface area (Å²) in [5, 5.41) is 11.0. The molecule has 0 amide bonds. The van der Waals surface area contributed by atoms with Crippen LogP contribution in [-0.2, 0) is 13.0 Å². The molecule has 1 aromatic heterocycles. The molecule has 1 fully saturated rings. The van der Waals surface area contributed by atoms with Crippen LogP contribution in [0.3, 0.4) is 0 Å². The van der Waals surface area contributed by atoms with E-state index in [2.05, 4.69) is 41.2 Å². The smallest absolute Gasteiger partial charge is 0.0672 e. The Morgan fingerprint density at radius 2 is 2.00 bits per heavy atom. The van der Waals surface area contributed by atoms with Gasteiger partial charge in [-0.05, 0) is 19.3 Å². The molecule has 0 aromatic carbocycles. The highest BCUT2D eigenvalue weighted by atomic mass is 15.2. The lowest BCUT2D eigenvalue weighted by molar-refractivity contribution is 0.232. The molecule has 2 heterocycles. The van der Waals surface area contributed by atoms with Gasteiger partial charge < -0.3 is 5.32 Å². The summed E-state index contributed by atoms with van der Waals surface area (Å²) >= 11 is 0. The Hall–Kier alpha value is -0.870. The van der Waals surface area contributed by atoms with Gasteiger partial charge in [0.2, 0.25) is 0 Å². The Morgan fingerprint density at radius 3 is 2.65 bits per heavy atom. The summed E-state index contributed by atoms with van der Waals surface area (Å²) in [4.78, 5) is 2.51. The maximum atomic E-state index is 4.45. The van der Waals surface area contributed by atoms with Gasteiger partial charge in [0.25, 0.3) is 0 Å². The van der Waals surface area contributed by atoms with Crippen molar-refractivity contribution in [2.75, 3.05) is 26.2 Å². The number of aromatic amines is 1. The summed E-state index contributed by atoms with van der Waals surface area (Å²) in [6.07, 6.45) is 1.08. The molecule has 17 heavy (non-hydrogen) atoms. The molecule has 2 rings (SSSR count). The fourth-order valence-electron chi connectivity index (χ4n) is 2.36. The van der Waals surface area contributed by atoms with Crippen molar-refractivity contribution in [2.45, 2.75) is 33.7 Å². The number of rotatable bonds is 4. The average molecular weight is 236 g/mol. The Morgan fingerprint density at radius 1 is 1.29 bits per heavy atom. The second-order valence-corrected chi connectivity index (χ2v) is 5.40. The summed E-state index contributed by atoms with van der Waals surface area (Å²) in [7, 11) is 0. The quantitative estimate of drug-likeness (QED) is 0.829. The number of aryl methyl sites for hydroxylation is 1. The van der Waals surface area contributed by atoms with Crippen molar-refractivity contribution < 1.29 is 0 Å². The van der Waals surface area contributed by atoms with Crippen molar-refractivity contribution in [3.63, 3.8) is 0 Å². The van der Waals surface area contributed by atoms with Crippen LogP contribution in [0.2, 0.25) is 0 Å². The lowest BCUT2D eigenvalue weighted by Crippen LogP contribution is -2.43. The number of aromatic nitrogens is 2. The van der Waals surface area contributed by atoms with Gasteiger partial charge in [-0.2, -0.15) is 5.10 Å². The van der Waals surface area contributed by atoms with Gasteiger partial charge >= 0.3 is 0 Å². The molecule has 0 unspecified atom stereocenters. The highest BCUT2D eigenvalue weighted by Crippen LogP contribution is 2.17. The molecule has 4 heteroatoms. The molecule has 96 valence electrons. The number of H-pyrrole nitrogens is 1. The van der Waals surface area contributed by atoms with E-state index in [4.69, 9.17) is 0 Å². The van der Waals surface area contributed by atoms with E-state index in [1.165, 1.54) is 17.0 Å². The first-order valence-electron chi connectivity index (χ1n) is 6.62. The lowest BCUT2D eigenvalue weighted by atomic mass is 10.0. The van der Waals surface area contributed by atoms with E-state index in [9.17, 15) is 0 Å². The second-order valence-electron chi connectivity index (χ2n) is 5.40. The zero-order valence-corrected chi connectivity index (χ0v) is 11.2. The normalized spacial score (nSPS) is 17.9. The van der Waals surface area contributed by atoms with Crippen LogP contribution in [0.25, 0.3) is 0 Å². The molecule has 2 N–H and O–H groups in total. The highest BCUT2D eigenvalue weighted by molar-refractivity contribution is 5.24. The maximum absolute atomic E-state index is 4.45. The molecular weight excluding hydrogens is 212 g/mol. The van der Waals surface area contributed by atoms with E-state index in [1.54, 1.807) is 0 Å². The number of hydrogen-bond acceptors (Lipinski definition) is 3. The van der Waals surface area contributed by atoms with Crippen LogP contribution >= 0.6 is 0 Å². The summed E-state index contributed by atoms with van der Waals surface area (Å²) in [5.41, 5.74) is 3.91. The fourth-order valence-corrected chi connectivity index (χ4v) is 2.36. The first-order valence-corrected chi connectivity index (χ1v) is 6.62. The van der Waals surface area contributed by atoms with E-state index < -0.39 is 0 Å². The molecule has 0 atom stereocenters. The fraction of sp³-hybridized carbons (Fsp3) is 0.769. The predicted octanol–water partition coefficient (Wildman–Crippen LogP) is 1.32. The third-order valence-corrected chi connectivity index (χ3v) is 3.35. The SMILES string of the molecule is Cc1[nH]nc(CC(C)C)c1CN1CCNCC1.